The summed E-state index contributed by atoms with van der Waals surface area (Å²) in [5.74, 6) is -20.6. The number of cyclic esters (lactones) is 1. The number of amides is 12. The zero-order valence-electron chi connectivity index (χ0n) is 58.9. The molecule has 1 saturated heterocycles. The number of unbranched alkanes of at least 4 members (excludes halogenated alkanes) is 10. The van der Waals surface area contributed by atoms with Crippen molar-refractivity contribution in [2.75, 3.05) is 26.2 Å². The molecular formula is C65H106N18O19. The van der Waals surface area contributed by atoms with Crippen LogP contribution in [0.5, 0.6) is 5.75 Å². The maximum Gasteiger partial charge on any atom is 0.329 e. The van der Waals surface area contributed by atoms with Crippen molar-refractivity contribution in [1.82, 2.24) is 58.5 Å². The third-order valence-electron chi connectivity index (χ3n) is 16.0. The summed E-state index contributed by atoms with van der Waals surface area (Å²) in [5, 5.41) is 55.6. The molecule has 24 N–H and O–H groups in total. The molecule has 0 saturated carbocycles. The van der Waals surface area contributed by atoms with Crippen molar-refractivity contribution >= 4 is 101 Å². The van der Waals surface area contributed by atoms with Crippen molar-refractivity contribution in [3.63, 3.8) is 0 Å². The van der Waals surface area contributed by atoms with Gasteiger partial charge in [0, 0.05) is 25.9 Å². The molecule has 1 aromatic carbocycles. The minimum absolute atomic E-state index is 0.0356. The summed E-state index contributed by atoms with van der Waals surface area (Å²) in [7, 11) is 0. The van der Waals surface area contributed by atoms with Crippen LogP contribution in [0, 0.1) is 11.8 Å². The number of rotatable bonds is 31. The number of benzene rings is 1. The van der Waals surface area contributed by atoms with E-state index in [4.69, 9.17) is 33.4 Å². The van der Waals surface area contributed by atoms with E-state index < -0.39 is 193 Å². The van der Waals surface area contributed by atoms with Gasteiger partial charge in [-0.25, -0.2) is 4.79 Å². The lowest BCUT2D eigenvalue weighted by atomic mass is 9.99. The molecule has 37 heteroatoms. The van der Waals surface area contributed by atoms with Crippen LogP contribution in [0.4, 0.5) is 0 Å². The SMILES string of the molecule is CCCCCCCCCCCCCC(=O)N[C@@H]1C(=O)N[C@H](CCCN=C(N)N)C(=O)N[C@@H](CC(=O)O)C(=O)NCC(=O)N[C@H](CC(N)=O)C(=O)N[C@H](CC(=O)O)C(=O)NCC(=O)N[C@@H](Cc2ccc(O)cc2)C(=O)N[C@@H](C(C)C)C(=O)N[C@@H](CCCN=C(N)N)C(=O)N[C@@H](C(C)C)C(=O)O[C@@H]1C. The van der Waals surface area contributed by atoms with E-state index in [1.165, 1.54) is 71.7 Å². The lowest BCUT2D eigenvalue weighted by molar-refractivity contribution is -0.157. The Labute approximate surface area is 591 Å². The lowest BCUT2D eigenvalue weighted by Gasteiger charge is -2.30. The number of carboxylic acid groups (broad SMARTS) is 2. The molecule has 1 aromatic rings. The number of carbonyl (C=O) groups is 15. The Morgan fingerprint density at radius 1 is 0.500 bits per heavy atom. The van der Waals surface area contributed by atoms with E-state index in [9.17, 15) is 87.2 Å². The molecule has 0 spiro atoms. The number of nitrogens with one attached hydrogen (secondary N) is 11. The van der Waals surface area contributed by atoms with Crippen LogP contribution in [0.25, 0.3) is 0 Å². The molecule has 37 nitrogen and oxygen atoms in total. The number of carboxylic acids is 2. The van der Waals surface area contributed by atoms with Gasteiger partial charge < -0.3 is 107 Å². The molecule has 0 bridgehead atoms. The molecule has 1 heterocycles. The summed E-state index contributed by atoms with van der Waals surface area (Å²) in [6.07, 6.45) is 4.59. The van der Waals surface area contributed by atoms with Crippen LogP contribution >= 0.6 is 0 Å². The maximum absolute atomic E-state index is 14.8. The van der Waals surface area contributed by atoms with Crippen LogP contribution < -0.4 is 87.2 Å². The van der Waals surface area contributed by atoms with Gasteiger partial charge in [0.2, 0.25) is 70.9 Å². The highest BCUT2D eigenvalue weighted by atomic mass is 16.5. The zero-order chi connectivity index (χ0) is 76.6. The fraction of sp³-hybridized carbons (Fsp3) is 0.646. The minimum Gasteiger partial charge on any atom is -0.508 e. The molecular weight excluding hydrogens is 1340 g/mol. The first-order valence-electron chi connectivity index (χ1n) is 34.2. The van der Waals surface area contributed by atoms with Crippen LogP contribution in [-0.4, -0.2) is 203 Å². The van der Waals surface area contributed by atoms with Crippen LogP contribution in [0.1, 0.15) is 169 Å². The molecule has 0 radical (unpaired) electrons. The largest absolute Gasteiger partial charge is 0.508 e. The monoisotopic (exact) mass is 1440 g/mol. The van der Waals surface area contributed by atoms with Crippen molar-refractivity contribution in [3.8, 4) is 5.75 Å². The second kappa shape index (κ2) is 46.9. The number of carbonyl (C=O) groups excluding carboxylic acids is 13. The van der Waals surface area contributed by atoms with Gasteiger partial charge in [0.05, 0.1) is 32.4 Å². The Bertz CT molecular complexity index is 3070. The number of guanidine groups is 2. The number of nitrogens with zero attached hydrogens (tertiary/aromatic N) is 2. The Morgan fingerprint density at radius 2 is 0.902 bits per heavy atom. The number of nitrogens with two attached hydrogens (primary N) is 5. The number of phenolic OH excluding ortho intramolecular Hbond substituents is 1. The second-order valence-corrected chi connectivity index (χ2v) is 25.5. The molecule has 570 valence electrons. The van der Waals surface area contributed by atoms with Crippen LogP contribution in [0.2, 0.25) is 0 Å². The van der Waals surface area contributed by atoms with Crippen LogP contribution in [0.3, 0.4) is 0 Å². The Hall–Kier alpha value is -10.4. The summed E-state index contributed by atoms with van der Waals surface area (Å²) in [5.41, 5.74) is 27.9. The lowest BCUT2D eigenvalue weighted by Crippen LogP contribution is -2.61. The molecule has 1 aliphatic rings. The summed E-state index contributed by atoms with van der Waals surface area (Å²) in [6, 6.07) is -10.5. The maximum atomic E-state index is 14.8. The summed E-state index contributed by atoms with van der Waals surface area (Å²) in [4.78, 5) is 214. The minimum atomic E-state index is -2.06. The number of primary amides is 1. The van der Waals surface area contributed by atoms with E-state index >= 15 is 0 Å². The standard InChI is InChI=1S/C65H106N18O19/c1-7-8-9-10-11-12-13-14-15-16-17-22-47(86)81-54-37(6)102-63(101)53(36(4)5)83-58(96)41(21-19-28-72-65(69)70)77-61(99)52(35(2)3)82-60(98)42(29-38-23-25-39(84)26-24-38)75-48(87)33-73-56(94)45(32-51(91)92)80-59(97)43(30-46(66)85)76-49(88)34-74-55(93)44(31-50(89)90)79-57(95)40(78-62(54)100)20-18-27-71-64(67)68/h23-26,35-37,40-45,52-54,84H,7-22,27-34H2,1-6H3,(H2,66,85)(H,73,94)(H,74,93)(H,75,87)(H,76,88)(H,77,99)(H,78,100)(H,79,95)(H,80,97)(H,81,86)(H,82,98)(H,83,96)(H,89,90)(H,91,92)(H4,67,68,71)(H4,69,70,72)/t37-,40-,41+,42+,43-,44+,45-,52+,53+,54+/m1/s1. The number of esters is 1. The summed E-state index contributed by atoms with van der Waals surface area (Å²) < 4.78 is 5.89. The fourth-order valence-corrected chi connectivity index (χ4v) is 10.4. The van der Waals surface area contributed by atoms with Crippen LogP contribution in [-0.2, 0) is 83.1 Å². The van der Waals surface area contributed by atoms with E-state index in [0.29, 0.717) is 18.4 Å². The van der Waals surface area contributed by atoms with Crippen LogP contribution in [0.15, 0.2) is 34.3 Å². The summed E-state index contributed by atoms with van der Waals surface area (Å²) >= 11 is 0. The molecule has 1 aliphatic heterocycles. The molecule has 0 aromatic heterocycles. The highest BCUT2D eigenvalue weighted by Gasteiger charge is 2.39. The molecule has 12 amide bonds. The number of ether oxygens (including phenoxy) is 1. The number of hydrogen-bond acceptors (Lipinski definition) is 19. The number of phenols is 1. The molecule has 0 aliphatic carbocycles. The van der Waals surface area contributed by atoms with Gasteiger partial charge in [0.25, 0.3) is 0 Å². The highest BCUT2D eigenvalue weighted by molar-refractivity contribution is 6.00. The fourth-order valence-electron chi connectivity index (χ4n) is 10.4. The average Bonchev–Trinajstić information content (AvgIpc) is 0.848. The topological polar surface area (TPSA) is 613 Å². The third kappa shape index (κ3) is 35.6. The first-order valence-corrected chi connectivity index (χ1v) is 34.2. The Balaban J connectivity index is 2.89. The first-order chi connectivity index (χ1) is 48.1. The van der Waals surface area contributed by atoms with E-state index in [-0.39, 0.29) is 69.3 Å². The predicted octanol–water partition coefficient (Wildman–Crippen LogP) is -3.58. The Morgan fingerprint density at radius 3 is 1.35 bits per heavy atom. The summed E-state index contributed by atoms with van der Waals surface area (Å²) in [6.45, 7) is 7.19. The highest BCUT2D eigenvalue weighted by Crippen LogP contribution is 2.17. The van der Waals surface area contributed by atoms with Crippen molar-refractivity contribution in [2.24, 2.45) is 50.5 Å². The van der Waals surface area contributed by atoms with E-state index in [0.717, 1.165) is 44.9 Å². The van der Waals surface area contributed by atoms with Crippen molar-refractivity contribution in [1.29, 1.82) is 0 Å². The van der Waals surface area contributed by atoms with Crippen molar-refractivity contribution in [2.45, 2.75) is 230 Å². The van der Waals surface area contributed by atoms with Gasteiger partial charge in [-0.2, -0.15) is 0 Å². The Kier molecular flexibility index (Phi) is 40.3. The molecule has 102 heavy (non-hydrogen) atoms. The van der Waals surface area contributed by atoms with Gasteiger partial charge in [-0.05, 0) is 68.6 Å². The molecule has 2 rings (SSSR count). The second-order valence-electron chi connectivity index (χ2n) is 25.5. The van der Waals surface area contributed by atoms with Gasteiger partial charge in [0.1, 0.15) is 66.2 Å². The molecule has 0 unspecified atom stereocenters. The third-order valence-corrected chi connectivity index (χ3v) is 16.0. The van der Waals surface area contributed by atoms with Gasteiger partial charge in [-0.3, -0.25) is 77.1 Å². The average molecular weight is 1440 g/mol. The quantitative estimate of drug-likeness (QED) is 0.0148. The first kappa shape index (κ1) is 87.7. The predicted molar refractivity (Wildman–Crippen MR) is 370 cm³/mol. The van der Waals surface area contributed by atoms with E-state index in [1.807, 2.05) is 0 Å². The van der Waals surface area contributed by atoms with Gasteiger partial charge in [0.15, 0.2) is 11.9 Å². The number of aliphatic carboxylic acids is 2. The van der Waals surface area contributed by atoms with Crippen molar-refractivity contribution in [3.05, 3.63) is 29.8 Å². The van der Waals surface area contributed by atoms with E-state index in [2.05, 4.69) is 75.4 Å². The number of hydrogen-bond donors (Lipinski definition) is 19. The number of aromatic hydroxyl groups is 1. The number of aliphatic imine (C=N–C) groups is 2. The van der Waals surface area contributed by atoms with Crippen molar-refractivity contribution < 1.29 is 92.0 Å². The zero-order valence-corrected chi connectivity index (χ0v) is 58.9. The smallest absolute Gasteiger partial charge is 0.329 e. The van der Waals surface area contributed by atoms with Gasteiger partial charge in [-0.15, -0.1) is 0 Å². The van der Waals surface area contributed by atoms with E-state index in [1.54, 1.807) is 0 Å². The molecule has 10 atom stereocenters. The normalized spacial score (nSPS) is 22.4. The van der Waals surface area contributed by atoms with Gasteiger partial charge in [-0.1, -0.05) is 111 Å². The van der Waals surface area contributed by atoms with Gasteiger partial charge >= 0.3 is 17.9 Å². The molecule has 1 fully saturated rings.